The van der Waals surface area contributed by atoms with Crippen LogP contribution >= 0.6 is 0 Å². The fourth-order valence-electron chi connectivity index (χ4n) is 5.06. The maximum Gasteiger partial charge on any atom is 0.331 e. The van der Waals surface area contributed by atoms with Crippen LogP contribution in [0.4, 0.5) is 0 Å². The Hall–Kier alpha value is -5.50. The molecular formula is C34H35N3O10S. The fraction of sp³-hybridized carbons (Fsp3) is 0.265. The number of nitrogens with zero attached hydrogens (tertiary/aromatic N) is 2. The number of unbranched alkanes of at least 4 members (excludes halogenated alkanes) is 1. The monoisotopic (exact) mass is 677 g/mol. The average molecular weight is 678 g/mol. The third-order valence-corrected chi connectivity index (χ3v) is 8.83. The molecule has 1 amide bonds. The van der Waals surface area contributed by atoms with Crippen LogP contribution in [0.2, 0.25) is 0 Å². The number of aliphatic carboxylic acids is 1. The van der Waals surface area contributed by atoms with Crippen molar-refractivity contribution in [3.8, 4) is 34.4 Å². The third kappa shape index (κ3) is 7.72. The molecule has 0 saturated carbocycles. The molecule has 0 saturated heterocycles. The van der Waals surface area contributed by atoms with E-state index in [1.165, 1.54) is 32.4 Å². The summed E-state index contributed by atoms with van der Waals surface area (Å²) >= 11 is 0. The molecule has 1 aliphatic heterocycles. The predicted octanol–water partition coefficient (Wildman–Crippen LogP) is 4.56. The third-order valence-electron chi connectivity index (χ3n) is 7.44. The smallest absolute Gasteiger partial charge is 0.331 e. The summed E-state index contributed by atoms with van der Waals surface area (Å²) in [6.07, 6.45) is 5.31. The van der Waals surface area contributed by atoms with Crippen LogP contribution in [-0.2, 0) is 32.5 Å². The number of aryl methyl sites for hydroxylation is 1. The molecule has 2 heterocycles. The second-order valence-electron chi connectivity index (χ2n) is 10.7. The molecule has 4 aromatic rings. The van der Waals surface area contributed by atoms with E-state index >= 15 is 0 Å². The Morgan fingerprint density at radius 1 is 1.02 bits per heavy atom. The highest BCUT2D eigenvalue weighted by atomic mass is 32.2. The molecule has 0 aliphatic carbocycles. The molecule has 0 spiro atoms. The average Bonchev–Trinajstić information content (AvgIpc) is 3.71. The number of sulfonamides is 1. The Bertz CT molecular complexity index is 1940. The van der Waals surface area contributed by atoms with Gasteiger partial charge in [0.2, 0.25) is 6.79 Å². The van der Waals surface area contributed by atoms with E-state index in [0.29, 0.717) is 52.2 Å². The van der Waals surface area contributed by atoms with Gasteiger partial charge in [0.05, 0.1) is 36.7 Å². The number of benzene rings is 3. The van der Waals surface area contributed by atoms with E-state index in [1.807, 2.05) is 11.6 Å². The molecule has 14 heteroatoms. The van der Waals surface area contributed by atoms with Gasteiger partial charge in [-0.25, -0.2) is 22.9 Å². The Balaban J connectivity index is 1.50. The van der Waals surface area contributed by atoms with Gasteiger partial charge in [-0.15, -0.1) is 0 Å². The molecule has 0 fully saturated rings. The first-order chi connectivity index (χ1) is 23.1. The van der Waals surface area contributed by atoms with Crippen LogP contribution < -0.4 is 28.4 Å². The van der Waals surface area contributed by atoms with E-state index in [4.69, 9.17) is 23.7 Å². The van der Waals surface area contributed by atoms with Gasteiger partial charge in [0.15, 0.2) is 18.1 Å². The van der Waals surface area contributed by atoms with Crippen LogP contribution in [-0.4, -0.2) is 62.6 Å². The highest BCUT2D eigenvalue weighted by Crippen LogP contribution is 2.39. The number of carbonyl (C=O) groups is 2. The minimum absolute atomic E-state index is 0.00729. The van der Waals surface area contributed by atoms with Crippen LogP contribution in [0, 0.1) is 0 Å². The molecule has 0 atom stereocenters. The quantitative estimate of drug-likeness (QED) is 0.170. The van der Waals surface area contributed by atoms with Gasteiger partial charge in [-0.1, -0.05) is 31.5 Å². The summed E-state index contributed by atoms with van der Waals surface area (Å²) in [7, 11) is -1.16. The predicted molar refractivity (Wildman–Crippen MR) is 174 cm³/mol. The lowest BCUT2D eigenvalue weighted by molar-refractivity contribution is -0.132. The molecule has 2 N–H and O–H groups in total. The first-order valence-electron chi connectivity index (χ1n) is 15.0. The van der Waals surface area contributed by atoms with E-state index in [0.717, 1.165) is 12.8 Å². The zero-order valence-corrected chi connectivity index (χ0v) is 27.4. The van der Waals surface area contributed by atoms with E-state index in [-0.39, 0.29) is 29.4 Å². The molecule has 1 aromatic heterocycles. The van der Waals surface area contributed by atoms with Crippen LogP contribution in [0.1, 0.15) is 36.8 Å². The van der Waals surface area contributed by atoms with Gasteiger partial charge in [-0.3, -0.25) is 9.36 Å². The van der Waals surface area contributed by atoms with Gasteiger partial charge in [0.1, 0.15) is 23.1 Å². The minimum atomic E-state index is -4.12. The Labute approximate surface area is 277 Å². The number of carbonyl (C=O) groups excluding carboxylic acids is 1. The zero-order chi connectivity index (χ0) is 34.3. The second kappa shape index (κ2) is 14.9. The molecule has 252 valence electrons. The van der Waals surface area contributed by atoms with Crippen LogP contribution in [0.5, 0.6) is 28.7 Å². The number of imidazole rings is 1. The van der Waals surface area contributed by atoms with E-state index in [2.05, 4.69) is 4.98 Å². The molecule has 0 bridgehead atoms. The summed E-state index contributed by atoms with van der Waals surface area (Å²) in [5.41, 5.74) is 1.49. The molecule has 5 rings (SSSR count). The number of ether oxygens (including phenoxy) is 5. The van der Waals surface area contributed by atoms with Gasteiger partial charge >= 0.3 is 5.97 Å². The zero-order valence-electron chi connectivity index (χ0n) is 26.6. The molecule has 3 aromatic carbocycles. The maximum atomic E-state index is 12.8. The largest absolute Gasteiger partial charge is 0.497 e. The summed E-state index contributed by atoms with van der Waals surface area (Å²) in [4.78, 5) is 29.9. The van der Waals surface area contributed by atoms with Crippen molar-refractivity contribution in [2.45, 2.75) is 37.5 Å². The van der Waals surface area contributed by atoms with Crippen molar-refractivity contribution < 1.29 is 46.8 Å². The number of amides is 1. The molecule has 0 radical (unpaired) electrons. The van der Waals surface area contributed by atoms with Crippen LogP contribution in [0.25, 0.3) is 11.8 Å². The van der Waals surface area contributed by atoms with E-state index in [1.54, 1.807) is 59.3 Å². The number of carboxylic acid groups (broad SMARTS) is 1. The number of hydrogen-bond acceptors (Lipinski definition) is 10. The van der Waals surface area contributed by atoms with Gasteiger partial charge in [0.25, 0.3) is 15.9 Å². The Morgan fingerprint density at radius 2 is 1.77 bits per heavy atom. The molecule has 0 unspecified atom stereocenters. The van der Waals surface area contributed by atoms with Crippen molar-refractivity contribution in [2.75, 3.05) is 27.6 Å². The highest BCUT2D eigenvalue weighted by Gasteiger charge is 2.23. The number of rotatable bonds is 15. The Kier molecular flexibility index (Phi) is 10.5. The Morgan fingerprint density at radius 3 is 2.46 bits per heavy atom. The second-order valence-corrected chi connectivity index (χ2v) is 12.4. The molecule has 1 aliphatic rings. The van der Waals surface area contributed by atoms with Gasteiger partial charge in [-0.05, 0) is 42.8 Å². The van der Waals surface area contributed by atoms with Crippen molar-refractivity contribution in [1.82, 2.24) is 14.3 Å². The summed E-state index contributed by atoms with van der Waals surface area (Å²) < 4.78 is 56.9. The van der Waals surface area contributed by atoms with Gasteiger partial charge in [-0.2, -0.15) is 0 Å². The molecule has 13 nitrogen and oxygen atoms in total. The first-order valence-corrected chi connectivity index (χ1v) is 16.5. The summed E-state index contributed by atoms with van der Waals surface area (Å²) in [5, 5.41) is 10.3. The fourth-order valence-corrected chi connectivity index (χ4v) is 6.06. The topological polar surface area (TPSA) is 165 Å². The molecular weight excluding hydrogens is 642 g/mol. The van der Waals surface area contributed by atoms with Crippen LogP contribution in [0.3, 0.4) is 0 Å². The lowest BCUT2D eigenvalue weighted by Crippen LogP contribution is -2.34. The minimum Gasteiger partial charge on any atom is -0.497 e. The van der Waals surface area contributed by atoms with Crippen molar-refractivity contribution in [1.29, 1.82) is 0 Å². The van der Waals surface area contributed by atoms with Gasteiger partial charge in [0, 0.05) is 36.1 Å². The van der Waals surface area contributed by atoms with Crippen molar-refractivity contribution in [2.24, 2.45) is 0 Å². The van der Waals surface area contributed by atoms with Crippen molar-refractivity contribution in [3.05, 3.63) is 89.5 Å². The van der Waals surface area contributed by atoms with E-state index in [9.17, 15) is 23.1 Å². The maximum absolute atomic E-state index is 12.8. The van der Waals surface area contributed by atoms with Crippen molar-refractivity contribution in [3.63, 3.8) is 0 Å². The van der Waals surface area contributed by atoms with Gasteiger partial charge < -0.3 is 28.8 Å². The molecule has 48 heavy (non-hydrogen) atoms. The number of methoxy groups -OCH3 is 2. The lowest BCUT2D eigenvalue weighted by Gasteiger charge is -2.17. The number of hydrogen-bond donors (Lipinski definition) is 2. The number of nitrogens with one attached hydrogen (secondary N) is 1. The first kappa shape index (κ1) is 33.9. The van der Waals surface area contributed by atoms with Crippen molar-refractivity contribution >= 4 is 28.0 Å². The summed E-state index contributed by atoms with van der Waals surface area (Å²) in [6, 6.07) is 15.8. The SMILES string of the molecule is CCCCc1ncc(/C=C(\Cc2cc3c(cc2OC)OCO3)C(=O)O)n1-c1ccc(OC)cc1OCC(=O)NS(=O)(=O)c1ccccc1. The summed E-state index contributed by atoms with van der Waals surface area (Å²) in [5.74, 6) is 0.620. The normalized spacial score (nSPS) is 12.4. The summed E-state index contributed by atoms with van der Waals surface area (Å²) in [6.45, 7) is 1.46. The standard InChI is InChI=1S/C34H35N3O10S/c1-4-5-11-32-35-19-24(15-23(34(39)40)14-22-16-30-31(47-21-46-30)18-28(22)44-3)37(32)27-13-12-25(43-2)17-29(27)45-20-33(38)36-48(41,42)26-9-7-6-8-10-26/h6-10,12-13,15-19H,4-5,11,14,20-21H2,1-3H3,(H,36,38)(H,39,40)/b23-15+. The number of fused-ring (bicyclic) bond motifs is 1. The number of carboxylic acids is 1. The lowest BCUT2D eigenvalue weighted by atomic mass is 10.0. The highest BCUT2D eigenvalue weighted by molar-refractivity contribution is 7.90. The number of aromatic nitrogens is 2. The van der Waals surface area contributed by atoms with Crippen LogP contribution in [0.15, 0.2) is 77.3 Å². The van der Waals surface area contributed by atoms with E-state index < -0.39 is 28.5 Å².